The van der Waals surface area contributed by atoms with Gasteiger partial charge in [-0.25, -0.2) is 4.79 Å². The van der Waals surface area contributed by atoms with Gasteiger partial charge in [-0.1, -0.05) is 25.3 Å². The van der Waals surface area contributed by atoms with Gasteiger partial charge in [0, 0.05) is 12.7 Å². The van der Waals surface area contributed by atoms with E-state index in [1.165, 1.54) is 6.08 Å². The maximum atomic E-state index is 10.8. The zero-order valence-electron chi connectivity index (χ0n) is 8.87. The number of allylic oxidation sites excluding steroid dienone is 1. The van der Waals surface area contributed by atoms with Crippen LogP contribution in [0.15, 0.2) is 12.2 Å². The highest BCUT2D eigenvalue weighted by atomic mass is 16.5. The minimum atomic E-state index is -0.261. The molecule has 0 atom stereocenters. The smallest absolute Gasteiger partial charge is 0.330 e. The van der Waals surface area contributed by atoms with Gasteiger partial charge in [0.15, 0.2) is 0 Å². The Morgan fingerprint density at radius 1 is 1.21 bits per heavy atom. The van der Waals surface area contributed by atoms with Gasteiger partial charge in [0.05, 0.1) is 6.61 Å². The summed E-state index contributed by atoms with van der Waals surface area (Å²) in [5, 5.41) is 8.52. The van der Waals surface area contributed by atoms with Crippen LogP contribution < -0.4 is 0 Å². The summed E-state index contributed by atoms with van der Waals surface area (Å²) in [5.74, 6) is -0.261. The highest BCUT2D eigenvalue weighted by Crippen LogP contribution is 2.02. The van der Waals surface area contributed by atoms with E-state index in [9.17, 15) is 4.79 Å². The molecule has 0 aliphatic carbocycles. The summed E-state index contributed by atoms with van der Waals surface area (Å²) in [4.78, 5) is 10.8. The van der Waals surface area contributed by atoms with Crippen LogP contribution in [-0.4, -0.2) is 24.3 Å². The fourth-order valence-electron chi connectivity index (χ4n) is 1.10. The van der Waals surface area contributed by atoms with Gasteiger partial charge in [-0.2, -0.15) is 0 Å². The minimum absolute atomic E-state index is 0.261. The quantitative estimate of drug-likeness (QED) is 0.370. The summed E-state index contributed by atoms with van der Waals surface area (Å²) >= 11 is 0. The van der Waals surface area contributed by atoms with Crippen molar-refractivity contribution in [3.8, 4) is 0 Å². The van der Waals surface area contributed by atoms with Crippen LogP contribution in [0.5, 0.6) is 0 Å². The molecule has 0 spiro atoms. The maximum Gasteiger partial charge on any atom is 0.330 e. The summed E-state index contributed by atoms with van der Waals surface area (Å²) in [5.41, 5.74) is 0. The van der Waals surface area contributed by atoms with Gasteiger partial charge in [-0.15, -0.1) is 0 Å². The fraction of sp³-hybridized carbons (Fsp3) is 0.727. The summed E-state index contributed by atoms with van der Waals surface area (Å²) in [6.07, 6.45) is 8.09. The van der Waals surface area contributed by atoms with Crippen LogP contribution in [0.2, 0.25) is 0 Å². The number of carbonyl (C=O) groups excluding carboxylic acids is 1. The van der Waals surface area contributed by atoms with Crippen molar-refractivity contribution in [1.82, 2.24) is 0 Å². The largest absolute Gasteiger partial charge is 0.463 e. The van der Waals surface area contributed by atoms with Gasteiger partial charge >= 0.3 is 5.97 Å². The first-order valence-corrected chi connectivity index (χ1v) is 5.21. The van der Waals surface area contributed by atoms with Crippen LogP contribution in [-0.2, 0) is 9.53 Å². The summed E-state index contributed by atoms with van der Waals surface area (Å²) in [6, 6.07) is 0. The Bertz CT molecular complexity index is 164. The number of carbonyl (C=O) groups is 1. The molecule has 0 aliphatic rings. The van der Waals surface area contributed by atoms with E-state index in [0.29, 0.717) is 6.61 Å². The Kier molecular flexibility index (Phi) is 9.64. The predicted molar refractivity (Wildman–Crippen MR) is 55.9 cm³/mol. The van der Waals surface area contributed by atoms with E-state index in [2.05, 4.69) is 0 Å². The molecule has 0 saturated heterocycles. The number of rotatable bonds is 8. The Morgan fingerprint density at radius 2 is 1.86 bits per heavy atom. The van der Waals surface area contributed by atoms with Gasteiger partial charge in [-0.05, 0) is 19.8 Å². The molecule has 3 nitrogen and oxygen atoms in total. The molecule has 0 bridgehead atoms. The average molecular weight is 200 g/mol. The molecule has 3 heteroatoms. The second kappa shape index (κ2) is 10.3. The monoisotopic (exact) mass is 200 g/mol. The lowest BCUT2D eigenvalue weighted by Gasteiger charge is -2.01. The molecule has 0 amide bonds. The molecule has 0 aromatic rings. The third-order valence-corrected chi connectivity index (χ3v) is 1.85. The zero-order valence-corrected chi connectivity index (χ0v) is 8.87. The van der Waals surface area contributed by atoms with Gasteiger partial charge in [-0.3, -0.25) is 0 Å². The normalized spacial score (nSPS) is 10.7. The van der Waals surface area contributed by atoms with E-state index in [1.807, 2.05) is 0 Å². The number of ether oxygens (including phenoxy) is 1. The van der Waals surface area contributed by atoms with Crippen LogP contribution in [0.4, 0.5) is 0 Å². The number of aliphatic hydroxyl groups excluding tert-OH is 1. The number of hydrogen-bond donors (Lipinski definition) is 1. The Morgan fingerprint density at radius 3 is 2.50 bits per heavy atom. The maximum absolute atomic E-state index is 10.8. The molecule has 0 aromatic heterocycles. The molecule has 0 aromatic carbocycles. The standard InChI is InChI=1S/C11H20O3/c1-2-8-11(13)14-10-7-5-3-4-6-9-12/h2,8,12H,3-7,9-10H2,1H3. The molecule has 0 rings (SSSR count). The third-order valence-electron chi connectivity index (χ3n) is 1.85. The van der Waals surface area contributed by atoms with Crippen LogP contribution >= 0.6 is 0 Å². The third kappa shape index (κ3) is 9.26. The fourth-order valence-corrected chi connectivity index (χ4v) is 1.10. The second-order valence-electron chi connectivity index (χ2n) is 3.16. The summed E-state index contributed by atoms with van der Waals surface area (Å²) in [6.45, 7) is 2.56. The highest BCUT2D eigenvalue weighted by Gasteiger charge is 1.95. The van der Waals surface area contributed by atoms with Gasteiger partial charge in [0.1, 0.15) is 0 Å². The van der Waals surface area contributed by atoms with Crippen LogP contribution in [0.3, 0.4) is 0 Å². The van der Waals surface area contributed by atoms with Crippen molar-refractivity contribution in [2.75, 3.05) is 13.2 Å². The highest BCUT2D eigenvalue weighted by molar-refractivity contribution is 5.81. The van der Waals surface area contributed by atoms with Crippen LogP contribution in [0, 0.1) is 0 Å². The Balaban J connectivity index is 3.09. The van der Waals surface area contributed by atoms with Gasteiger partial charge < -0.3 is 9.84 Å². The molecule has 0 saturated carbocycles. The van der Waals surface area contributed by atoms with Crippen molar-refractivity contribution >= 4 is 5.97 Å². The lowest BCUT2D eigenvalue weighted by molar-refractivity contribution is -0.137. The predicted octanol–water partition coefficient (Wildman–Crippen LogP) is 2.05. The van der Waals surface area contributed by atoms with Crippen molar-refractivity contribution in [3.05, 3.63) is 12.2 Å². The minimum Gasteiger partial charge on any atom is -0.463 e. The first kappa shape index (κ1) is 13.2. The van der Waals surface area contributed by atoms with Crippen molar-refractivity contribution < 1.29 is 14.6 Å². The molecular formula is C11H20O3. The topological polar surface area (TPSA) is 46.5 Å². The molecule has 0 aliphatic heterocycles. The van der Waals surface area contributed by atoms with Gasteiger partial charge in [0.2, 0.25) is 0 Å². The van der Waals surface area contributed by atoms with E-state index in [1.54, 1.807) is 13.0 Å². The molecule has 0 fully saturated rings. The number of esters is 1. The number of unbranched alkanes of at least 4 members (excludes halogenated alkanes) is 4. The molecule has 82 valence electrons. The van der Waals surface area contributed by atoms with Crippen molar-refractivity contribution in [1.29, 1.82) is 0 Å². The van der Waals surface area contributed by atoms with Crippen molar-refractivity contribution in [3.63, 3.8) is 0 Å². The molecular weight excluding hydrogens is 180 g/mol. The first-order valence-electron chi connectivity index (χ1n) is 5.21. The van der Waals surface area contributed by atoms with E-state index in [-0.39, 0.29) is 12.6 Å². The second-order valence-corrected chi connectivity index (χ2v) is 3.16. The molecule has 14 heavy (non-hydrogen) atoms. The summed E-state index contributed by atoms with van der Waals surface area (Å²) < 4.78 is 4.91. The number of hydrogen-bond acceptors (Lipinski definition) is 3. The van der Waals surface area contributed by atoms with E-state index in [0.717, 1.165) is 32.1 Å². The lowest BCUT2D eigenvalue weighted by Crippen LogP contribution is -2.01. The molecule has 0 unspecified atom stereocenters. The van der Waals surface area contributed by atoms with Crippen molar-refractivity contribution in [2.24, 2.45) is 0 Å². The number of aliphatic hydroxyl groups is 1. The zero-order chi connectivity index (χ0) is 10.6. The van der Waals surface area contributed by atoms with Crippen LogP contribution in [0.1, 0.15) is 39.0 Å². The Hall–Kier alpha value is -0.830. The van der Waals surface area contributed by atoms with Crippen molar-refractivity contribution in [2.45, 2.75) is 39.0 Å². The molecule has 0 radical (unpaired) electrons. The van der Waals surface area contributed by atoms with E-state index < -0.39 is 0 Å². The lowest BCUT2D eigenvalue weighted by atomic mass is 10.1. The SMILES string of the molecule is CC=CC(=O)OCCCCCCCO. The Labute approximate surface area is 85.8 Å². The first-order chi connectivity index (χ1) is 6.81. The van der Waals surface area contributed by atoms with Gasteiger partial charge in [0.25, 0.3) is 0 Å². The van der Waals surface area contributed by atoms with E-state index in [4.69, 9.17) is 9.84 Å². The van der Waals surface area contributed by atoms with Crippen LogP contribution in [0.25, 0.3) is 0 Å². The summed E-state index contributed by atoms with van der Waals surface area (Å²) in [7, 11) is 0. The average Bonchev–Trinajstić information content (AvgIpc) is 2.17. The molecule has 1 N–H and O–H groups in total. The molecule has 0 heterocycles. The van der Waals surface area contributed by atoms with E-state index >= 15 is 0 Å².